The molecule has 0 unspecified atom stereocenters. The van der Waals surface area contributed by atoms with Crippen molar-refractivity contribution in [1.29, 1.82) is 0 Å². The first-order valence-electron chi connectivity index (χ1n) is 6.32. The minimum Gasteiger partial charge on any atom is -0.381 e. The summed E-state index contributed by atoms with van der Waals surface area (Å²) >= 11 is 3.30. The van der Waals surface area contributed by atoms with Gasteiger partial charge < -0.3 is 10.1 Å². The molecule has 0 spiro atoms. The molecule has 1 aromatic rings. The molecule has 0 atom stereocenters. The van der Waals surface area contributed by atoms with Crippen molar-refractivity contribution in [1.82, 2.24) is 10.2 Å². The Balaban J connectivity index is 1.64. The Labute approximate surface area is 115 Å². The number of carbonyl (C=O) groups is 1. The second kappa shape index (κ2) is 6.89. The van der Waals surface area contributed by atoms with Gasteiger partial charge in [0.05, 0.1) is 10.7 Å². The Hall–Kier alpha value is -0.880. The lowest BCUT2D eigenvalue weighted by atomic mass is 9.94. The van der Waals surface area contributed by atoms with Crippen LogP contribution in [0.1, 0.15) is 32.1 Å². The van der Waals surface area contributed by atoms with Crippen LogP contribution in [0.5, 0.6) is 0 Å². The lowest BCUT2D eigenvalue weighted by molar-refractivity contribution is -0.116. The summed E-state index contributed by atoms with van der Waals surface area (Å²) in [5.41, 5.74) is 0. The maximum atomic E-state index is 11.7. The summed E-state index contributed by atoms with van der Waals surface area (Å²) in [6.45, 7) is 1.75. The normalized spacial score (nSPS) is 16.7. The standard InChI is InChI=1S/C12H18BrN3O2/c13-10-8-14-16-12(10)15-11(17)3-1-2-9-4-6-18-7-5-9/h8-9H,1-7H2,(H2,14,15,16,17). The van der Waals surface area contributed by atoms with Crippen molar-refractivity contribution in [2.45, 2.75) is 32.1 Å². The molecular weight excluding hydrogens is 298 g/mol. The number of amides is 1. The van der Waals surface area contributed by atoms with Crippen LogP contribution in [0.3, 0.4) is 0 Å². The summed E-state index contributed by atoms with van der Waals surface area (Å²) in [5.74, 6) is 1.39. The lowest BCUT2D eigenvalue weighted by Gasteiger charge is -2.21. The summed E-state index contributed by atoms with van der Waals surface area (Å²) in [6, 6.07) is 0. The Morgan fingerprint density at radius 1 is 1.56 bits per heavy atom. The van der Waals surface area contributed by atoms with Gasteiger partial charge in [0.25, 0.3) is 0 Å². The summed E-state index contributed by atoms with van der Waals surface area (Å²) < 4.78 is 6.09. The molecule has 0 aliphatic carbocycles. The average Bonchev–Trinajstić information content (AvgIpc) is 2.76. The van der Waals surface area contributed by atoms with Crippen LogP contribution in [0, 0.1) is 5.92 Å². The first-order valence-corrected chi connectivity index (χ1v) is 7.11. The quantitative estimate of drug-likeness (QED) is 0.878. The topological polar surface area (TPSA) is 67.0 Å². The van der Waals surface area contributed by atoms with Gasteiger partial charge in [-0.15, -0.1) is 0 Å². The number of halogens is 1. The number of anilines is 1. The van der Waals surface area contributed by atoms with Crippen molar-refractivity contribution in [3.63, 3.8) is 0 Å². The smallest absolute Gasteiger partial charge is 0.225 e. The van der Waals surface area contributed by atoms with Crippen molar-refractivity contribution in [2.24, 2.45) is 5.92 Å². The zero-order valence-corrected chi connectivity index (χ0v) is 11.8. The van der Waals surface area contributed by atoms with E-state index in [1.165, 1.54) is 0 Å². The van der Waals surface area contributed by atoms with E-state index in [1.807, 2.05) is 0 Å². The van der Waals surface area contributed by atoms with E-state index in [9.17, 15) is 4.79 Å². The number of ether oxygens (including phenoxy) is 1. The van der Waals surface area contributed by atoms with Gasteiger partial charge >= 0.3 is 0 Å². The largest absolute Gasteiger partial charge is 0.381 e. The zero-order chi connectivity index (χ0) is 12.8. The van der Waals surface area contributed by atoms with Crippen molar-refractivity contribution in [3.8, 4) is 0 Å². The zero-order valence-electron chi connectivity index (χ0n) is 10.2. The van der Waals surface area contributed by atoms with Gasteiger partial charge in [-0.1, -0.05) is 0 Å². The van der Waals surface area contributed by atoms with Crippen LogP contribution in [0.2, 0.25) is 0 Å². The molecule has 0 aromatic carbocycles. The molecule has 2 heterocycles. The predicted octanol–water partition coefficient (Wildman–Crippen LogP) is 2.71. The molecule has 2 N–H and O–H groups in total. The van der Waals surface area contributed by atoms with Gasteiger partial charge in [-0.25, -0.2) is 0 Å². The maximum Gasteiger partial charge on any atom is 0.225 e. The van der Waals surface area contributed by atoms with Crippen molar-refractivity contribution in [2.75, 3.05) is 18.5 Å². The first kappa shape index (κ1) is 13.5. The third-order valence-electron chi connectivity index (χ3n) is 3.21. The van der Waals surface area contributed by atoms with E-state index < -0.39 is 0 Å². The highest BCUT2D eigenvalue weighted by atomic mass is 79.9. The van der Waals surface area contributed by atoms with Crippen LogP contribution in [-0.4, -0.2) is 29.3 Å². The Kier molecular flexibility index (Phi) is 5.19. The van der Waals surface area contributed by atoms with Crippen LogP contribution in [-0.2, 0) is 9.53 Å². The highest BCUT2D eigenvalue weighted by Crippen LogP contribution is 2.21. The van der Waals surface area contributed by atoms with Gasteiger partial charge in [-0.05, 0) is 47.5 Å². The SMILES string of the molecule is O=C(CCCC1CCOCC1)Nc1[nH]ncc1Br. The van der Waals surface area contributed by atoms with E-state index in [1.54, 1.807) is 6.20 Å². The van der Waals surface area contributed by atoms with Crippen LogP contribution >= 0.6 is 15.9 Å². The van der Waals surface area contributed by atoms with Crippen molar-refractivity contribution >= 4 is 27.7 Å². The molecule has 100 valence electrons. The molecule has 1 aromatic heterocycles. The molecule has 1 fully saturated rings. The van der Waals surface area contributed by atoms with Gasteiger partial charge in [0.1, 0.15) is 5.82 Å². The minimum absolute atomic E-state index is 0.0343. The van der Waals surface area contributed by atoms with Gasteiger partial charge in [0.2, 0.25) is 5.91 Å². The van der Waals surface area contributed by atoms with Gasteiger partial charge in [-0.3, -0.25) is 9.89 Å². The predicted molar refractivity (Wildman–Crippen MR) is 72.3 cm³/mol. The van der Waals surface area contributed by atoms with E-state index in [4.69, 9.17) is 4.74 Å². The Morgan fingerprint density at radius 2 is 2.33 bits per heavy atom. The molecule has 0 radical (unpaired) electrons. The number of H-pyrrole nitrogens is 1. The molecular formula is C12H18BrN3O2. The molecule has 6 heteroatoms. The highest BCUT2D eigenvalue weighted by Gasteiger charge is 2.14. The molecule has 1 aliphatic rings. The molecule has 18 heavy (non-hydrogen) atoms. The van der Waals surface area contributed by atoms with E-state index in [0.29, 0.717) is 12.2 Å². The van der Waals surface area contributed by atoms with Crippen LogP contribution < -0.4 is 5.32 Å². The molecule has 1 amide bonds. The number of nitrogens with one attached hydrogen (secondary N) is 2. The summed E-state index contributed by atoms with van der Waals surface area (Å²) in [6.07, 6.45) is 6.49. The molecule has 0 saturated carbocycles. The summed E-state index contributed by atoms with van der Waals surface area (Å²) in [4.78, 5) is 11.7. The van der Waals surface area contributed by atoms with Gasteiger partial charge in [-0.2, -0.15) is 5.10 Å². The number of rotatable bonds is 5. The second-order valence-corrected chi connectivity index (χ2v) is 5.44. The fourth-order valence-corrected chi connectivity index (χ4v) is 2.44. The molecule has 1 saturated heterocycles. The van der Waals surface area contributed by atoms with Crippen molar-refractivity contribution < 1.29 is 9.53 Å². The summed E-state index contributed by atoms with van der Waals surface area (Å²) in [5, 5.41) is 9.36. The first-order chi connectivity index (χ1) is 8.75. The van der Waals surface area contributed by atoms with Crippen LogP contribution in [0.25, 0.3) is 0 Å². The van der Waals surface area contributed by atoms with Gasteiger partial charge in [0.15, 0.2) is 0 Å². The third-order valence-corrected chi connectivity index (χ3v) is 3.82. The molecule has 5 nitrogen and oxygen atoms in total. The van der Waals surface area contributed by atoms with Crippen molar-refractivity contribution in [3.05, 3.63) is 10.7 Å². The van der Waals surface area contributed by atoms with E-state index in [2.05, 4.69) is 31.4 Å². The fraction of sp³-hybridized carbons (Fsp3) is 0.667. The third kappa shape index (κ3) is 4.10. The Bertz CT molecular complexity index is 388. The van der Waals surface area contributed by atoms with E-state index in [0.717, 1.165) is 49.3 Å². The van der Waals surface area contributed by atoms with E-state index in [-0.39, 0.29) is 5.91 Å². The number of hydrogen-bond donors (Lipinski definition) is 2. The lowest BCUT2D eigenvalue weighted by Crippen LogP contribution is -2.17. The number of nitrogens with zero attached hydrogens (tertiary/aromatic N) is 1. The Morgan fingerprint density at radius 3 is 3.00 bits per heavy atom. The number of aromatic nitrogens is 2. The fourth-order valence-electron chi connectivity index (χ4n) is 2.15. The summed E-state index contributed by atoms with van der Waals surface area (Å²) in [7, 11) is 0. The minimum atomic E-state index is 0.0343. The average molecular weight is 316 g/mol. The molecule has 1 aliphatic heterocycles. The monoisotopic (exact) mass is 315 g/mol. The molecule has 2 rings (SSSR count). The molecule has 0 bridgehead atoms. The van der Waals surface area contributed by atoms with E-state index >= 15 is 0 Å². The number of aromatic amines is 1. The highest BCUT2D eigenvalue weighted by molar-refractivity contribution is 9.10. The van der Waals surface area contributed by atoms with Crippen LogP contribution in [0.15, 0.2) is 10.7 Å². The number of carbonyl (C=O) groups excluding carboxylic acids is 1. The van der Waals surface area contributed by atoms with Gasteiger partial charge in [0, 0.05) is 19.6 Å². The van der Waals surface area contributed by atoms with Crippen LogP contribution in [0.4, 0.5) is 5.82 Å². The maximum absolute atomic E-state index is 11.7. The number of hydrogen-bond acceptors (Lipinski definition) is 3. The second-order valence-electron chi connectivity index (χ2n) is 4.59.